The molecule has 0 spiro atoms. The molecule has 3 rings (SSSR count). The minimum Gasteiger partial charge on any atom is -0.299 e. The molecular formula is C16H15NO. The zero-order chi connectivity index (χ0) is 12.4. The SMILES string of the molecule is O=C(Cc1cccnc1)CC1Cc2ccccc21. The van der Waals surface area contributed by atoms with Gasteiger partial charge in [-0.2, -0.15) is 0 Å². The summed E-state index contributed by atoms with van der Waals surface area (Å²) in [7, 11) is 0. The van der Waals surface area contributed by atoms with Gasteiger partial charge in [0.25, 0.3) is 0 Å². The zero-order valence-corrected chi connectivity index (χ0v) is 10.2. The molecule has 1 aromatic heterocycles. The number of rotatable bonds is 4. The fraction of sp³-hybridized carbons (Fsp3) is 0.250. The fourth-order valence-electron chi connectivity index (χ4n) is 2.62. The number of nitrogens with zero attached hydrogens (tertiary/aromatic N) is 1. The highest BCUT2D eigenvalue weighted by Crippen LogP contribution is 2.37. The van der Waals surface area contributed by atoms with Crippen molar-refractivity contribution in [2.24, 2.45) is 0 Å². The first-order valence-electron chi connectivity index (χ1n) is 6.31. The van der Waals surface area contributed by atoms with Crippen molar-refractivity contribution in [3.63, 3.8) is 0 Å². The maximum Gasteiger partial charge on any atom is 0.137 e. The molecule has 0 aliphatic heterocycles. The third-order valence-electron chi connectivity index (χ3n) is 3.56. The van der Waals surface area contributed by atoms with E-state index in [4.69, 9.17) is 0 Å². The predicted octanol–water partition coefficient (Wildman–Crippen LogP) is 2.92. The highest BCUT2D eigenvalue weighted by molar-refractivity contribution is 5.82. The molecule has 1 aliphatic rings. The normalized spacial score (nSPS) is 16.8. The predicted molar refractivity (Wildman–Crippen MR) is 70.5 cm³/mol. The van der Waals surface area contributed by atoms with E-state index in [-0.39, 0.29) is 0 Å². The lowest BCUT2D eigenvalue weighted by Gasteiger charge is -2.29. The van der Waals surface area contributed by atoms with Gasteiger partial charge < -0.3 is 0 Å². The summed E-state index contributed by atoms with van der Waals surface area (Å²) >= 11 is 0. The molecule has 0 saturated carbocycles. The van der Waals surface area contributed by atoms with E-state index < -0.39 is 0 Å². The van der Waals surface area contributed by atoms with E-state index >= 15 is 0 Å². The molecule has 90 valence electrons. The topological polar surface area (TPSA) is 30.0 Å². The Bertz CT molecular complexity index is 562. The summed E-state index contributed by atoms with van der Waals surface area (Å²) in [5, 5.41) is 0. The third-order valence-corrected chi connectivity index (χ3v) is 3.56. The van der Waals surface area contributed by atoms with Gasteiger partial charge in [-0.05, 0) is 35.1 Å². The minimum atomic E-state index is 0.308. The highest BCUT2D eigenvalue weighted by atomic mass is 16.1. The van der Waals surface area contributed by atoms with Crippen LogP contribution in [-0.4, -0.2) is 10.8 Å². The second-order valence-electron chi connectivity index (χ2n) is 4.88. The van der Waals surface area contributed by atoms with Crippen molar-refractivity contribution in [1.82, 2.24) is 4.98 Å². The molecule has 0 radical (unpaired) electrons. The molecule has 0 bridgehead atoms. The highest BCUT2D eigenvalue weighted by Gasteiger charge is 2.27. The molecule has 1 unspecified atom stereocenters. The number of hydrogen-bond acceptors (Lipinski definition) is 2. The van der Waals surface area contributed by atoms with Crippen LogP contribution in [0.4, 0.5) is 0 Å². The van der Waals surface area contributed by atoms with Gasteiger partial charge >= 0.3 is 0 Å². The van der Waals surface area contributed by atoms with E-state index in [0.29, 0.717) is 24.5 Å². The third kappa shape index (κ3) is 2.19. The molecule has 0 fully saturated rings. The van der Waals surface area contributed by atoms with E-state index in [0.717, 1.165) is 12.0 Å². The number of aromatic nitrogens is 1. The van der Waals surface area contributed by atoms with Gasteiger partial charge in [0.2, 0.25) is 0 Å². The maximum atomic E-state index is 12.0. The summed E-state index contributed by atoms with van der Waals surface area (Å²) in [6.45, 7) is 0. The first-order valence-corrected chi connectivity index (χ1v) is 6.31. The van der Waals surface area contributed by atoms with Gasteiger partial charge in [0.1, 0.15) is 5.78 Å². The number of hydrogen-bond donors (Lipinski definition) is 0. The summed E-state index contributed by atoms with van der Waals surface area (Å²) in [6.07, 6.45) is 5.72. The average Bonchev–Trinajstić information content (AvgIpc) is 2.37. The van der Waals surface area contributed by atoms with Crippen LogP contribution in [0.1, 0.15) is 29.0 Å². The molecule has 2 nitrogen and oxygen atoms in total. The molecule has 2 heteroatoms. The molecule has 2 aromatic rings. The van der Waals surface area contributed by atoms with Gasteiger partial charge in [0.15, 0.2) is 0 Å². The van der Waals surface area contributed by atoms with Crippen LogP contribution in [0.2, 0.25) is 0 Å². The van der Waals surface area contributed by atoms with Gasteiger partial charge in [-0.25, -0.2) is 0 Å². The molecule has 1 aliphatic carbocycles. The van der Waals surface area contributed by atoms with Crippen LogP contribution in [0, 0.1) is 0 Å². The molecule has 0 amide bonds. The summed E-state index contributed by atoms with van der Waals surface area (Å²) in [5.74, 6) is 0.743. The lowest BCUT2D eigenvalue weighted by atomic mass is 9.75. The molecule has 1 atom stereocenters. The van der Waals surface area contributed by atoms with E-state index in [1.807, 2.05) is 12.1 Å². The van der Waals surface area contributed by atoms with E-state index in [2.05, 4.69) is 29.2 Å². The number of benzene rings is 1. The zero-order valence-electron chi connectivity index (χ0n) is 10.2. The van der Waals surface area contributed by atoms with Gasteiger partial charge in [0, 0.05) is 25.2 Å². The Balaban J connectivity index is 1.61. The second-order valence-corrected chi connectivity index (χ2v) is 4.88. The van der Waals surface area contributed by atoms with Gasteiger partial charge in [-0.3, -0.25) is 9.78 Å². The molecular weight excluding hydrogens is 222 g/mol. The van der Waals surface area contributed by atoms with Crippen molar-refractivity contribution in [2.75, 3.05) is 0 Å². The number of Topliss-reactive ketones (excluding diaryl/α,β-unsaturated/α-hetero) is 1. The van der Waals surface area contributed by atoms with Crippen LogP contribution >= 0.6 is 0 Å². The van der Waals surface area contributed by atoms with Crippen LogP contribution in [0.25, 0.3) is 0 Å². The Morgan fingerprint density at radius 2 is 2.11 bits per heavy atom. The Kier molecular flexibility index (Phi) is 2.93. The van der Waals surface area contributed by atoms with E-state index in [9.17, 15) is 4.79 Å². The quantitative estimate of drug-likeness (QED) is 0.818. The number of fused-ring (bicyclic) bond motifs is 1. The van der Waals surface area contributed by atoms with E-state index in [1.165, 1.54) is 11.1 Å². The summed E-state index contributed by atoms with van der Waals surface area (Å²) < 4.78 is 0. The van der Waals surface area contributed by atoms with Crippen LogP contribution in [0.15, 0.2) is 48.8 Å². The summed E-state index contributed by atoms with van der Waals surface area (Å²) in [6, 6.07) is 12.2. The Morgan fingerprint density at radius 1 is 1.22 bits per heavy atom. The molecule has 0 saturated heterocycles. The average molecular weight is 237 g/mol. The number of ketones is 1. The van der Waals surface area contributed by atoms with Crippen molar-refractivity contribution in [3.8, 4) is 0 Å². The van der Waals surface area contributed by atoms with Crippen molar-refractivity contribution in [1.29, 1.82) is 0 Å². The second kappa shape index (κ2) is 4.73. The van der Waals surface area contributed by atoms with Gasteiger partial charge in [-0.15, -0.1) is 0 Å². The van der Waals surface area contributed by atoms with Crippen LogP contribution < -0.4 is 0 Å². The van der Waals surface area contributed by atoms with E-state index in [1.54, 1.807) is 12.4 Å². The first-order chi connectivity index (χ1) is 8.83. The lowest BCUT2D eigenvalue weighted by Crippen LogP contribution is -2.20. The van der Waals surface area contributed by atoms with Crippen LogP contribution in [-0.2, 0) is 17.6 Å². The minimum absolute atomic E-state index is 0.308. The van der Waals surface area contributed by atoms with Gasteiger partial charge in [0.05, 0.1) is 0 Å². The van der Waals surface area contributed by atoms with Crippen molar-refractivity contribution >= 4 is 5.78 Å². The molecule has 18 heavy (non-hydrogen) atoms. The summed E-state index contributed by atoms with van der Waals surface area (Å²) in [4.78, 5) is 16.0. The van der Waals surface area contributed by atoms with Crippen molar-refractivity contribution in [3.05, 3.63) is 65.5 Å². The first kappa shape index (κ1) is 11.1. The fourth-order valence-corrected chi connectivity index (χ4v) is 2.62. The molecule has 1 heterocycles. The Hall–Kier alpha value is -1.96. The van der Waals surface area contributed by atoms with Crippen LogP contribution in [0.5, 0.6) is 0 Å². The number of carbonyl (C=O) groups is 1. The Labute approximate surface area is 107 Å². The molecule has 0 N–H and O–H groups in total. The van der Waals surface area contributed by atoms with Crippen molar-refractivity contribution in [2.45, 2.75) is 25.2 Å². The standard InChI is InChI=1S/C16H15NO/c18-15(8-12-4-3-7-17-11-12)10-14-9-13-5-1-2-6-16(13)14/h1-7,11,14H,8-10H2. The lowest BCUT2D eigenvalue weighted by molar-refractivity contribution is -0.118. The molecule has 1 aromatic carbocycles. The van der Waals surface area contributed by atoms with Crippen LogP contribution in [0.3, 0.4) is 0 Å². The van der Waals surface area contributed by atoms with Crippen molar-refractivity contribution < 1.29 is 4.79 Å². The summed E-state index contributed by atoms with van der Waals surface area (Å²) in [5.41, 5.74) is 3.77. The number of carbonyl (C=O) groups excluding carboxylic acids is 1. The smallest absolute Gasteiger partial charge is 0.137 e. The van der Waals surface area contributed by atoms with Gasteiger partial charge in [-0.1, -0.05) is 30.3 Å². The maximum absolute atomic E-state index is 12.0. The monoisotopic (exact) mass is 237 g/mol. The Morgan fingerprint density at radius 3 is 2.89 bits per heavy atom. The number of pyridine rings is 1. The largest absolute Gasteiger partial charge is 0.299 e.